The molecule has 0 fully saturated rings. The van der Waals surface area contributed by atoms with E-state index < -0.39 is 18.2 Å². The minimum Gasteiger partial charge on any atom is -0.481 e. The molecule has 0 saturated carbocycles. The summed E-state index contributed by atoms with van der Waals surface area (Å²) in [6.45, 7) is 2.07. The van der Waals surface area contributed by atoms with Gasteiger partial charge in [0.1, 0.15) is 0 Å². The van der Waals surface area contributed by atoms with Gasteiger partial charge in [-0.25, -0.2) is 0 Å². The molecule has 0 bridgehead atoms. The molecule has 4 heteroatoms. The van der Waals surface area contributed by atoms with Gasteiger partial charge in [-0.05, 0) is 44.9 Å². The summed E-state index contributed by atoms with van der Waals surface area (Å²) in [6.07, 6.45) is 39.2. The van der Waals surface area contributed by atoms with Crippen LogP contribution in [0.4, 0.5) is 0 Å². The molecule has 0 aromatic carbocycles. The normalized spacial score (nSPS) is 14.5. The first-order valence-electron chi connectivity index (χ1n) is 14.1. The Bertz CT molecular complexity index is 670. The zero-order chi connectivity index (χ0) is 26.5. The molecule has 0 saturated heterocycles. The number of aliphatic hydroxyl groups is 2. The van der Waals surface area contributed by atoms with Gasteiger partial charge in [0.25, 0.3) is 0 Å². The maximum atomic E-state index is 10.4. The molecule has 36 heavy (non-hydrogen) atoms. The molecule has 204 valence electrons. The number of carboxylic acid groups (broad SMARTS) is 1. The Morgan fingerprint density at radius 1 is 0.611 bits per heavy atom. The Morgan fingerprint density at radius 2 is 1.08 bits per heavy atom. The third-order valence-electron chi connectivity index (χ3n) is 5.77. The number of aliphatic carboxylic acids is 1. The Kier molecular flexibility index (Phi) is 25.8. The van der Waals surface area contributed by atoms with E-state index in [0.717, 1.165) is 32.1 Å². The molecule has 0 aromatic rings. The maximum absolute atomic E-state index is 10.4. The van der Waals surface area contributed by atoms with Crippen LogP contribution in [0.5, 0.6) is 0 Å². The highest BCUT2D eigenvalue weighted by Gasteiger charge is 1.97. The fourth-order valence-corrected chi connectivity index (χ4v) is 3.65. The van der Waals surface area contributed by atoms with E-state index in [1.807, 2.05) is 42.5 Å². The summed E-state index contributed by atoms with van der Waals surface area (Å²) < 4.78 is 0. The lowest BCUT2D eigenvalue weighted by molar-refractivity contribution is -0.137. The fourth-order valence-electron chi connectivity index (χ4n) is 3.65. The third-order valence-corrected chi connectivity index (χ3v) is 5.77. The van der Waals surface area contributed by atoms with Gasteiger partial charge in [-0.3, -0.25) is 4.79 Å². The lowest BCUT2D eigenvalue weighted by atomic mass is 10.1. The lowest BCUT2D eigenvalue weighted by Gasteiger charge is -2.01. The largest absolute Gasteiger partial charge is 0.481 e. The number of hydrogen-bond donors (Lipinski definition) is 3. The number of hydrogen-bond acceptors (Lipinski definition) is 3. The van der Waals surface area contributed by atoms with E-state index in [0.29, 0.717) is 19.3 Å². The molecule has 0 aliphatic rings. The number of unbranched alkanes of at least 4 members (excludes halogenated alkanes) is 10. The molecule has 0 radical (unpaired) electrons. The molecule has 0 rings (SSSR count). The Hall–Kier alpha value is -2.17. The van der Waals surface area contributed by atoms with Gasteiger partial charge in [0.15, 0.2) is 0 Å². The SMILES string of the molecule is CC/C=C\C[C@H](O)\C=C/C=C/C=C/[C@H](O)CC=CCC=CCCCCCCCCCCCCC(=O)O. The second-order valence-corrected chi connectivity index (χ2v) is 9.29. The van der Waals surface area contributed by atoms with Crippen LogP contribution in [0, 0.1) is 0 Å². The highest BCUT2D eigenvalue weighted by atomic mass is 16.4. The second-order valence-electron chi connectivity index (χ2n) is 9.29. The number of carboxylic acids is 1. The molecule has 0 heterocycles. The monoisotopic (exact) mass is 500 g/mol. The number of rotatable bonds is 24. The quantitative estimate of drug-likeness (QED) is 0.0706. The van der Waals surface area contributed by atoms with E-state index in [-0.39, 0.29) is 0 Å². The standard InChI is InChI=1S/C32H52O4/c1-2-3-20-25-30(33)27-22-18-19-23-28-31(34)26-21-16-14-12-10-8-6-4-5-7-9-11-13-15-17-24-29-32(35)36/h3,10,12,16,18-23,27-28,30-31,33-34H,2,4-9,11,13-15,17,24-26,29H2,1H3,(H,35,36)/b12-10?,19-18+,20-3-,21-16?,27-22-,28-23+/t30-,31+/m0/s1. The zero-order valence-electron chi connectivity index (χ0n) is 22.6. The zero-order valence-corrected chi connectivity index (χ0v) is 22.6. The molecule has 0 spiro atoms. The molecule has 0 amide bonds. The van der Waals surface area contributed by atoms with Gasteiger partial charge in [0.2, 0.25) is 0 Å². The van der Waals surface area contributed by atoms with E-state index >= 15 is 0 Å². The molecule has 4 nitrogen and oxygen atoms in total. The molecule has 3 N–H and O–H groups in total. The summed E-state index contributed by atoms with van der Waals surface area (Å²) in [7, 11) is 0. The first kappa shape index (κ1) is 33.8. The smallest absolute Gasteiger partial charge is 0.303 e. The van der Waals surface area contributed by atoms with Crippen LogP contribution >= 0.6 is 0 Å². The van der Waals surface area contributed by atoms with Crippen LogP contribution in [0.2, 0.25) is 0 Å². The van der Waals surface area contributed by atoms with E-state index in [1.165, 1.54) is 51.4 Å². The van der Waals surface area contributed by atoms with Crippen LogP contribution in [-0.2, 0) is 4.79 Å². The number of allylic oxidation sites excluding steroid dienone is 8. The lowest BCUT2D eigenvalue weighted by Crippen LogP contribution is -1.98. The van der Waals surface area contributed by atoms with Crippen LogP contribution in [0.25, 0.3) is 0 Å². The van der Waals surface area contributed by atoms with Gasteiger partial charge < -0.3 is 15.3 Å². The van der Waals surface area contributed by atoms with Crippen molar-refractivity contribution in [1.29, 1.82) is 0 Å². The summed E-state index contributed by atoms with van der Waals surface area (Å²) in [5.74, 6) is -0.678. The van der Waals surface area contributed by atoms with E-state index in [4.69, 9.17) is 5.11 Å². The van der Waals surface area contributed by atoms with Crippen LogP contribution in [0.15, 0.2) is 72.9 Å². The molecule has 0 unspecified atom stereocenters. The summed E-state index contributed by atoms with van der Waals surface area (Å²) in [4.78, 5) is 10.4. The van der Waals surface area contributed by atoms with Crippen molar-refractivity contribution < 1.29 is 20.1 Å². The first-order valence-corrected chi connectivity index (χ1v) is 14.1. The third kappa shape index (κ3) is 28.1. The van der Waals surface area contributed by atoms with Crippen molar-refractivity contribution in [1.82, 2.24) is 0 Å². The van der Waals surface area contributed by atoms with Crippen molar-refractivity contribution in [2.45, 2.75) is 122 Å². The van der Waals surface area contributed by atoms with Gasteiger partial charge in [0.05, 0.1) is 12.2 Å². The average molecular weight is 501 g/mol. The second kappa shape index (κ2) is 27.4. The van der Waals surface area contributed by atoms with Crippen molar-refractivity contribution >= 4 is 5.97 Å². The molecule has 0 aromatic heterocycles. The maximum Gasteiger partial charge on any atom is 0.303 e. The van der Waals surface area contributed by atoms with Gasteiger partial charge >= 0.3 is 5.97 Å². The van der Waals surface area contributed by atoms with Gasteiger partial charge in [-0.15, -0.1) is 0 Å². The van der Waals surface area contributed by atoms with Crippen molar-refractivity contribution in [3.05, 3.63) is 72.9 Å². The van der Waals surface area contributed by atoms with Crippen LogP contribution in [0.1, 0.15) is 110 Å². The Labute approximate surface area is 220 Å². The molecule has 0 aliphatic heterocycles. The summed E-state index contributed by atoms with van der Waals surface area (Å²) >= 11 is 0. The number of carbonyl (C=O) groups is 1. The highest BCUT2D eigenvalue weighted by Crippen LogP contribution is 2.12. The van der Waals surface area contributed by atoms with Crippen molar-refractivity contribution in [2.75, 3.05) is 0 Å². The molecule has 2 atom stereocenters. The Morgan fingerprint density at radius 3 is 1.61 bits per heavy atom. The predicted octanol–water partition coefficient (Wildman–Crippen LogP) is 8.39. The first-order chi connectivity index (χ1) is 17.6. The van der Waals surface area contributed by atoms with Crippen molar-refractivity contribution in [3.8, 4) is 0 Å². The summed E-state index contributed by atoms with van der Waals surface area (Å²) in [6, 6.07) is 0. The van der Waals surface area contributed by atoms with Crippen molar-refractivity contribution in [2.24, 2.45) is 0 Å². The topological polar surface area (TPSA) is 77.8 Å². The minimum absolute atomic E-state index is 0.314. The van der Waals surface area contributed by atoms with E-state index in [1.54, 1.807) is 12.2 Å². The van der Waals surface area contributed by atoms with E-state index in [2.05, 4.69) is 25.2 Å². The van der Waals surface area contributed by atoms with Crippen LogP contribution in [-0.4, -0.2) is 33.5 Å². The van der Waals surface area contributed by atoms with Gasteiger partial charge in [0, 0.05) is 6.42 Å². The molecule has 0 aliphatic carbocycles. The Balaban J connectivity index is 3.58. The average Bonchev–Trinajstić information content (AvgIpc) is 2.85. The van der Waals surface area contributed by atoms with Gasteiger partial charge in [-0.2, -0.15) is 0 Å². The van der Waals surface area contributed by atoms with Crippen LogP contribution < -0.4 is 0 Å². The van der Waals surface area contributed by atoms with E-state index in [9.17, 15) is 15.0 Å². The number of aliphatic hydroxyl groups excluding tert-OH is 2. The molecular weight excluding hydrogens is 448 g/mol. The van der Waals surface area contributed by atoms with Crippen LogP contribution in [0.3, 0.4) is 0 Å². The van der Waals surface area contributed by atoms with Crippen molar-refractivity contribution in [3.63, 3.8) is 0 Å². The molecular formula is C32H52O4. The van der Waals surface area contributed by atoms with Gasteiger partial charge in [-0.1, -0.05) is 131 Å². The fraction of sp³-hybridized carbons (Fsp3) is 0.594. The highest BCUT2D eigenvalue weighted by molar-refractivity contribution is 5.66. The summed E-state index contributed by atoms with van der Waals surface area (Å²) in [5.41, 5.74) is 0. The summed E-state index contributed by atoms with van der Waals surface area (Å²) in [5, 5.41) is 28.3. The minimum atomic E-state index is -0.678. The predicted molar refractivity (Wildman–Crippen MR) is 154 cm³/mol.